The van der Waals surface area contributed by atoms with Crippen molar-refractivity contribution < 1.29 is 4.92 Å². The highest BCUT2D eigenvalue weighted by Crippen LogP contribution is 2.06. The number of nitrogens with zero attached hydrogens (tertiary/aromatic N) is 1. The Morgan fingerprint density at radius 2 is 1.31 bits per heavy atom. The Labute approximate surface area is 107 Å². The molecule has 0 amide bonds. The largest absolute Gasteiger partial charge is 0.269 e. The van der Waals surface area contributed by atoms with Crippen LogP contribution in [-0.2, 0) is 0 Å². The van der Waals surface area contributed by atoms with E-state index in [9.17, 15) is 10.1 Å². The second kappa shape index (κ2) is 6.95. The molecular weight excluding hydrogens is 317 g/mol. The molecule has 0 aliphatic heterocycles. The SMILES string of the molecule is Ic1ccccc1.O=[N+]([O-])c1ccccc1. The molecule has 0 aromatic heterocycles. The number of nitro benzene ring substituents is 1. The maximum Gasteiger partial charge on any atom is 0.269 e. The highest BCUT2D eigenvalue weighted by Gasteiger charge is 1.98. The van der Waals surface area contributed by atoms with Crippen molar-refractivity contribution in [1.82, 2.24) is 0 Å². The van der Waals surface area contributed by atoms with Crippen molar-refractivity contribution in [2.75, 3.05) is 0 Å². The molecule has 0 spiro atoms. The zero-order chi connectivity index (χ0) is 11.8. The number of nitro groups is 1. The Morgan fingerprint density at radius 1 is 0.875 bits per heavy atom. The van der Waals surface area contributed by atoms with Crippen molar-refractivity contribution in [1.29, 1.82) is 0 Å². The van der Waals surface area contributed by atoms with Crippen LogP contribution in [0.5, 0.6) is 0 Å². The molecule has 0 bridgehead atoms. The summed E-state index contributed by atoms with van der Waals surface area (Å²) in [7, 11) is 0. The Morgan fingerprint density at radius 3 is 1.56 bits per heavy atom. The van der Waals surface area contributed by atoms with Crippen molar-refractivity contribution in [2.45, 2.75) is 0 Å². The topological polar surface area (TPSA) is 43.1 Å². The molecule has 0 aliphatic carbocycles. The van der Waals surface area contributed by atoms with Gasteiger partial charge in [0.15, 0.2) is 0 Å². The van der Waals surface area contributed by atoms with Gasteiger partial charge in [-0.25, -0.2) is 0 Å². The van der Waals surface area contributed by atoms with Crippen molar-refractivity contribution in [3.05, 3.63) is 74.3 Å². The van der Waals surface area contributed by atoms with Gasteiger partial charge in [-0.3, -0.25) is 10.1 Å². The molecule has 0 heterocycles. The van der Waals surface area contributed by atoms with Crippen LogP contribution in [0.15, 0.2) is 60.7 Å². The lowest BCUT2D eigenvalue weighted by Gasteiger charge is -1.85. The number of para-hydroxylation sites is 1. The van der Waals surface area contributed by atoms with E-state index < -0.39 is 4.92 Å². The molecule has 82 valence electrons. The molecule has 0 N–H and O–H groups in total. The molecule has 0 unspecified atom stereocenters. The van der Waals surface area contributed by atoms with Gasteiger partial charge >= 0.3 is 0 Å². The third kappa shape index (κ3) is 4.88. The van der Waals surface area contributed by atoms with Crippen LogP contribution in [0, 0.1) is 13.7 Å². The fourth-order valence-electron chi connectivity index (χ4n) is 0.964. The quantitative estimate of drug-likeness (QED) is 0.453. The molecule has 2 aromatic carbocycles. The van der Waals surface area contributed by atoms with Gasteiger partial charge in [0, 0.05) is 15.7 Å². The van der Waals surface area contributed by atoms with Gasteiger partial charge in [0.1, 0.15) is 0 Å². The first-order chi connectivity index (χ1) is 7.70. The van der Waals surface area contributed by atoms with Crippen LogP contribution in [0.4, 0.5) is 5.69 Å². The molecule has 0 saturated carbocycles. The summed E-state index contributed by atoms with van der Waals surface area (Å²) in [5.74, 6) is 0. The summed E-state index contributed by atoms with van der Waals surface area (Å²) in [6.45, 7) is 0. The average molecular weight is 327 g/mol. The maximum atomic E-state index is 10.0. The molecular formula is C12H10INO2. The summed E-state index contributed by atoms with van der Waals surface area (Å²) in [5, 5.41) is 10.0. The second-order valence-corrected chi connectivity index (χ2v) is 4.13. The Hall–Kier alpha value is -1.43. The van der Waals surface area contributed by atoms with Gasteiger partial charge in [-0.15, -0.1) is 0 Å². The predicted octanol–water partition coefficient (Wildman–Crippen LogP) is 3.89. The molecule has 0 saturated heterocycles. The van der Waals surface area contributed by atoms with Crippen molar-refractivity contribution in [3.63, 3.8) is 0 Å². The monoisotopic (exact) mass is 327 g/mol. The van der Waals surface area contributed by atoms with E-state index in [1.165, 1.54) is 15.7 Å². The number of non-ortho nitro benzene ring substituents is 1. The lowest BCUT2D eigenvalue weighted by atomic mass is 10.3. The third-order valence-electron chi connectivity index (χ3n) is 1.70. The number of hydrogen-bond acceptors (Lipinski definition) is 2. The maximum absolute atomic E-state index is 10.0. The second-order valence-electron chi connectivity index (χ2n) is 2.89. The smallest absolute Gasteiger partial charge is 0.258 e. The summed E-state index contributed by atoms with van der Waals surface area (Å²) in [6, 6.07) is 18.1. The normalized spacial score (nSPS) is 8.81. The van der Waals surface area contributed by atoms with Crippen LogP contribution >= 0.6 is 22.6 Å². The first kappa shape index (κ1) is 12.6. The molecule has 2 rings (SSSR count). The molecule has 2 aromatic rings. The number of hydrogen-bond donors (Lipinski definition) is 0. The van der Waals surface area contributed by atoms with Gasteiger partial charge in [-0.05, 0) is 34.7 Å². The molecule has 0 radical (unpaired) electrons. The minimum Gasteiger partial charge on any atom is -0.258 e. The lowest BCUT2D eigenvalue weighted by molar-refractivity contribution is -0.384. The van der Waals surface area contributed by atoms with Crippen molar-refractivity contribution >= 4 is 28.3 Å². The van der Waals surface area contributed by atoms with Crippen LogP contribution in [0.25, 0.3) is 0 Å². The fourth-order valence-corrected chi connectivity index (χ4v) is 1.38. The van der Waals surface area contributed by atoms with E-state index in [1.54, 1.807) is 18.2 Å². The molecule has 16 heavy (non-hydrogen) atoms. The Bertz CT molecular complexity index is 431. The summed E-state index contributed by atoms with van der Waals surface area (Å²) >= 11 is 2.28. The van der Waals surface area contributed by atoms with E-state index in [1.807, 2.05) is 18.2 Å². The minimum absolute atomic E-state index is 0.137. The van der Waals surface area contributed by atoms with E-state index in [0.29, 0.717) is 0 Å². The van der Waals surface area contributed by atoms with Crippen LogP contribution < -0.4 is 0 Å². The summed E-state index contributed by atoms with van der Waals surface area (Å²) in [4.78, 5) is 9.59. The molecule has 4 heteroatoms. The first-order valence-electron chi connectivity index (χ1n) is 4.60. The van der Waals surface area contributed by atoms with Gasteiger partial charge < -0.3 is 0 Å². The molecule has 0 fully saturated rings. The highest BCUT2D eigenvalue weighted by atomic mass is 127. The third-order valence-corrected chi connectivity index (χ3v) is 2.42. The number of rotatable bonds is 1. The average Bonchev–Trinajstić information content (AvgIpc) is 2.32. The van der Waals surface area contributed by atoms with E-state index in [0.717, 1.165) is 0 Å². The number of halogens is 1. The van der Waals surface area contributed by atoms with E-state index in [4.69, 9.17) is 0 Å². The van der Waals surface area contributed by atoms with E-state index in [-0.39, 0.29) is 5.69 Å². The van der Waals surface area contributed by atoms with E-state index >= 15 is 0 Å². The van der Waals surface area contributed by atoms with Gasteiger partial charge in [-0.2, -0.15) is 0 Å². The van der Waals surface area contributed by atoms with Gasteiger partial charge in [0.2, 0.25) is 0 Å². The van der Waals surface area contributed by atoms with Crippen LogP contribution in [0.1, 0.15) is 0 Å². The molecule has 0 atom stereocenters. The Kier molecular flexibility index (Phi) is 5.49. The zero-order valence-electron chi connectivity index (χ0n) is 8.42. The van der Waals surface area contributed by atoms with Crippen LogP contribution in [0.2, 0.25) is 0 Å². The van der Waals surface area contributed by atoms with Crippen LogP contribution in [0.3, 0.4) is 0 Å². The van der Waals surface area contributed by atoms with Crippen LogP contribution in [-0.4, -0.2) is 4.92 Å². The minimum atomic E-state index is -0.417. The molecule has 3 nitrogen and oxygen atoms in total. The predicted molar refractivity (Wildman–Crippen MR) is 72.3 cm³/mol. The zero-order valence-corrected chi connectivity index (χ0v) is 10.6. The summed E-state index contributed by atoms with van der Waals surface area (Å²) < 4.78 is 1.29. The van der Waals surface area contributed by atoms with E-state index in [2.05, 4.69) is 34.7 Å². The summed E-state index contributed by atoms with van der Waals surface area (Å²) in [6.07, 6.45) is 0. The van der Waals surface area contributed by atoms with Gasteiger partial charge in [0.25, 0.3) is 5.69 Å². The standard InChI is InChI=1S/C6H5I.C6H5NO2/c7-6-4-2-1-3-5-6;8-7(9)6-4-2-1-3-5-6/h1-5H;1-5H. The van der Waals surface area contributed by atoms with Crippen molar-refractivity contribution in [2.24, 2.45) is 0 Å². The lowest BCUT2D eigenvalue weighted by Crippen LogP contribution is -1.84. The number of benzene rings is 2. The van der Waals surface area contributed by atoms with Gasteiger partial charge in [0.05, 0.1) is 4.92 Å². The van der Waals surface area contributed by atoms with Gasteiger partial charge in [-0.1, -0.05) is 36.4 Å². The Balaban J connectivity index is 0.000000165. The summed E-state index contributed by atoms with van der Waals surface area (Å²) in [5.41, 5.74) is 0.137. The highest BCUT2D eigenvalue weighted by molar-refractivity contribution is 14.1. The fraction of sp³-hybridized carbons (Fsp3) is 0. The van der Waals surface area contributed by atoms with Crippen molar-refractivity contribution in [3.8, 4) is 0 Å². The first-order valence-corrected chi connectivity index (χ1v) is 5.68. The molecule has 0 aliphatic rings.